The molecule has 1 atom stereocenters. The molecule has 3 aromatic rings. The van der Waals surface area contributed by atoms with E-state index >= 15 is 0 Å². The second kappa shape index (κ2) is 7.24. The zero-order chi connectivity index (χ0) is 22.6. The van der Waals surface area contributed by atoms with Crippen molar-refractivity contribution in [3.8, 4) is 11.4 Å². The first-order valence-electron chi connectivity index (χ1n) is 9.76. The molecule has 3 heterocycles. The largest absolute Gasteiger partial charge is 0.458 e. The van der Waals surface area contributed by atoms with Crippen molar-refractivity contribution in [2.75, 3.05) is 7.11 Å². The third-order valence-electron chi connectivity index (χ3n) is 5.70. The van der Waals surface area contributed by atoms with Crippen LogP contribution in [0.3, 0.4) is 0 Å². The van der Waals surface area contributed by atoms with E-state index in [1.165, 1.54) is 11.7 Å². The Morgan fingerprint density at radius 2 is 1.94 bits per heavy atom. The Hall–Kier alpha value is -3.11. The van der Waals surface area contributed by atoms with Crippen molar-refractivity contribution in [1.82, 2.24) is 9.55 Å². The first-order valence-corrected chi connectivity index (χ1v) is 9.76. The molecular weight excluding hydrogens is 398 g/mol. The van der Waals surface area contributed by atoms with Crippen molar-refractivity contribution in [2.45, 2.75) is 31.3 Å². The molecule has 1 aromatic carbocycles. The van der Waals surface area contributed by atoms with E-state index in [1.807, 2.05) is 37.3 Å². The van der Waals surface area contributed by atoms with Gasteiger partial charge in [0.25, 0.3) is 5.56 Å². The zero-order valence-electron chi connectivity index (χ0n) is 17.6. The van der Waals surface area contributed by atoms with Crippen LogP contribution in [0.5, 0.6) is 0 Å². The fourth-order valence-corrected chi connectivity index (χ4v) is 4.18. The Bertz CT molecular complexity index is 1260. The summed E-state index contributed by atoms with van der Waals surface area (Å²) in [6, 6.07) is 11.4. The number of hydrogen-bond acceptors (Lipinski definition) is 8. The number of nitrogens with zero attached hydrogens (tertiary/aromatic N) is 2. The lowest BCUT2D eigenvalue weighted by atomic mass is 9.82. The van der Waals surface area contributed by atoms with Crippen LogP contribution < -0.4 is 22.8 Å². The molecule has 9 heteroatoms. The molecule has 0 fully saturated rings. The van der Waals surface area contributed by atoms with Crippen molar-refractivity contribution >= 4 is 16.9 Å². The molecule has 0 aliphatic carbocycles. The fraction of sp³-hybridized carbons (Fsp3) is 0.318. The lowest BCUT2D eigenvalue weighted by molar-refractivity contribution is -0.179. The van der Waals surface area contributed by atoms with E-state index in [9.17, 15) is 9.59 Å². The summed E-state index contributed by atoms with van der Waals surface area (Å²) in [6.45, 7) is 1.74. The van der Waals surface area contributed by atoms with Crippen LogP contribution in [0.2, 0.25) is 0 Å². The van der Waals surface area contributed by atoms with Crippen molar-refractivity contribution in [3.63, 3.8) is 0 Å². The Morgan fingerprint density at radius 1 is 1.23 bits per heavy atom. The third-order valence-corrected chi connectivity index (χ3v) is 5.70. The molecule has 31 heavy (non-hydrogen) atoms. The quantitative estimate of drug-likeness (QED) is 0.411. The van der Waals surface area contributed by atoms with Gasteiger partial charge in [-0.3, -0.25) is 4.79 Å². The van der Waals surface area contributed by atoms with Crippen LogP contribution in [0.25, 0.3) is 22.3 Å². The van der Waals surface area contributed by atoms with Crippen molar-refractivity contribution < 1.29 is 14.3 Å². The summed E-state index contributed by atoms with van der Waals surface area (Å²) in [4.78, 5) is 30.9. The highest BCUT2D eigenvalue weighted by Crippen LogP contribution is 2.39. The molecule has 0 amide bonds. The molecule has 2 aromatic heterocycles. The van der Waals surface area contributed by atoms with Gasteiger partial charge < -0.3 is 31.2 Å². The third kappa shape index (κ3) is 3.41. The molecule has 9 nitrogen and oxygen atoms in total. The Labute approximate surface area is 178 Å². The predicted molar refractivity (Wildman–Crippen MR) is 116 cm³/mol. The molecule has 6 N–H and O–H groups in total. The average Bonchev–Trinajstić information content (AvgIpc) is 2.71. The summed E-state index contributed by atoms with van der Waals surface area (Å²) in [5, 5.41) is 0.987. The number of benzene rings is 1. The van der Waals surface area contributed by atoms with Gasteiger partial charge in [-0.2, -0.15) is 0 Å². The molecular formula is C22H25N5O4. The number of hydrogen-bond donors (Lipinski definition) is 3. The van der Waals surface area contributed by atoms with Gasteiger partial charge in [0, 0.05) is 31.5 Å². The van der Waals surface area contributed by atoms with Crippen molar-refractivity contribution in [3.05, 3.63) is 63.4 Å². The van der Waals surface area contributed by atoms with E-state index in [1.54, 1.807) is 13.1 Å². The van der Waals surface area contributed by atoms with Gasteiger partial charge in [0.1, 0.15) is 12.4 Å². The lowest BCUT2D eigenvalue weighted by Gasteiger charge is -2.39. The second-order valence-electron chi connectivity index (χ2n) is 8.03. The van der Waals surface area contributed by atoms with Gasteiger partial charge in [-0.05, 0) is 30.7 Å². The summed E-state index contributed by atoms with van der Waals surface area (Å²) < 4.78 is 12.3. The van der Waals surface area contributed by atoms with Gasteiger partial charge in [-0.25, -0.2) is 9.78 Å². The highest BCUT2D eigenvalue weighted by Gasteiger charge is 2.51. The zero-order valence-corrected chi connectivity index (χ0v) is 17.6. The monoisotopic (exact) mass is 423 g/mol. The van der Waals surface area contributed by atoms with Crippen LogP contribution in [0.1, 0.15) is 23.1 Å². The standard InChI is InChI=1S/C22H25N5O4/c1-12-8-13-6-4-5-7-16(13)26-18(12)17-9-15-14(19(28)27(17)2)10-31-20(29)21(15,30-3)11-22(23,24)25/h4-9H,10-11,23-25H2,1-3H3/t21-/m0/s1. The maximum atomic E-state index is 13.3. The molecule has 0 saturated heterocycles. The van der Waals surface area contributed by atoms with Crippen LogP contribution in [0.4, 0.5) is 0 Å². The summed E-state index contributed by atoms with van der Waals surface area (Å²) >= 11 is 0. The number of pyridine rings is 2. The number of rotatable bonds is 4. The number of aryl methyl sites for hydroxylation is 1. The Kier molecular flexibility index (Phi) is 4.94. The number of carbonyl (C=O) groups excluding carboxylic acids is 1. The normalized spacial score (nSPS) is 18.7. The number of ether oxygens (including phenoxy) is 2. The van der Waals surface area contributed by atoms with Gasteiger partial charge in [0.15, 0.2) is 5.60 Å². The van der Waals surface area contributed by atoms with E-state index < -0.39 is 17.4 Å². The Balaban J connectivity index is 2.02. The molecule has 0 saturated carbocycles. The predicted octanol–water partition coefficient (Wildman–Crippen LogP) is 0.727. The van der Waals surface area contributed by atoms with Crippen molar-refractivity contribution in [1.29, 1.82) is 0 Å². The number of para-hydroxylation sites is 1. The molecule has 0 bridgehead atoms. The number of fused-ring (bicyclic) bond motifs is 2. The van der Waals surface area contributed by atoms with Gasteiger partial charge >= 0.3 is 5.97 Å². The minimum absolute atomic E-state index is 0.178. The smallest absolute Gasteiger partial charge is 0.343 e. The summed E-state index contributed by atoms with van der Waals surface area (Å²) in [5.41, 5.74) is 18.9. The van der Waals surface area contributed by atoms with Crippen LogP contribution in [-0.2, 0) is 33.5 Å². The lowest BCUT2D eigenvalue weighted by Crippen LogP contribution is -2.63. The fourth-order valence-electron chi connectivity index (χ4n) is 4.18. The number of cyclic esters (lactones) is 1. The molecule has 162 valence electrons. The molecule has 1 aliphatic heterocycles. The maximum Gasteiger partial charge on any atom is 0.343 e. The van der Waals surface area contributed by atoms with Crippen LogP contribution in [0, 0.1) is 6.92 Å². The number of carbonyl (C=O) groups is 1. The molecule has 4 rings (SSSR count). The Morgan fingerprint density at radius 3 is 2.61 bits per heavy atom. The van der Waals surface area contributed by atoms with Crippen LogP contribution in [-0.4, -0.2) is 28.4 Å². The minimum Gasteiger partial charge on any atom is -0.458 e. The van der Waals surface area contributed by atoms with Gasteiger partial charge in [0.05, 0.1) is 22.5 Å². The second-order valence-corrected chi connectivity index (χ2v) is 8.03. The van der Waals surface area contributed by atoms with Crippen molar-refractivity contribution in [2.24, 2.45) is 24.2 Å². The van der Waals surface area contributed by atoms with Gasteiger partial charge in [-0.15, -0.1) is 0 Å². The summed E-state index contributed by atoms with van der Waals surface area (Å²) in [7, 11) is 2.98. The maximum absolute atomic E-state index is 13.3. The molecule has 0 spiro atoms. The molecule has 1 aliphatic rings. The number of methoxy groups -OCH3 is 1. The summed E-state index contributed by atoms with van der Waals surface area (Å²) in [5.74, 6) is -2.43. The van der Waals surface area contributed by atoms with E-state index in [-0.39, 0.29) is 24.2 Å². The van der Waals surface area contributed by atoms with Gasteiger partial charge in [0.2, 0.25) is 0 Å². The van der Waals surface area contributed by atoms with Crippen LogP contribution >= 0.6 is 0 Å². The SMILES string of the molecule is CO[C@]1(CC(N)(N)N)C(=O)OCc2c1cc(-c1nc3ccccc3cc1C)n(C)c2=O. The first-order chi connectivity index (χ1) is 14.6. The van der Waals surface area contributed by atoms with E-state index in [0.717, 1.165) is 16.5 Å². The molecule has 0 unspecified atom stereocenters. The number of nitrogens with two attached hydrogens (primary N) is 3. The highest BCUT2D eigenvalue weighted by molar-refractivity contribution is 5.85. The number of aromatic nitrogens is 2. The number of esters is 1. The summed E-state index contributed by atoms with van der Waals surface area (Å²) in [6.07, 6.45) is -0.279. The van der Waals surface area contributed by atoms with E-state index in [4.69, 9.17) is 31.7 Å². The molecule has 0 radical (unpaired) electrons. The van der Waals surface area contributed by atoms with Gasteiger partial charge in [-0.1, -0.05) is 18.2 Å². The average molecular weight is 423 g/mol. The first kappa shape index (κ1) is 21.1. The van der Waals surface area contributed by atoms with E-state index in [2.05, 4.69) is 0 Å². The van der Waals surface area contributed by atoms with Crippen LogP contribution in [0.15, 0.2) is 41.2 Å². The minimum atomic E-state index is -1.73. The van der Waals surface area contributed by atoms with E-state index in [0.29, 0.717) is 17.0 Å². The highest BCUT2D eigenvalue weighted by atomic mass is 16.6. The topological polar surface area (TPSA) is 148 Å².